The summed E-state index contributed by atoms with van der Waals surface area (Å²) < 4.78 is 83.1. The van der Waals surface area contributed by atoms with E-state index in [4.69, 9.17) is 0 Å². The van der Waals surface area contributed by atoms with Crippen molar-refractivity contribution in [3.63, 3.8) is 0 Å². The van der Waals surface area contributed by atoms with Crippen molar-refractivity contribution in [2.75, 3.05) is 17.4 Å². The lowest BCUT2D eigenvalue weighted by molar-refractivity contribution is -0.139. The van der Waals surface area contributed by atoms with E-state index in [1.165, 1.54) is 49.4 Å². The van der Waals surface area contributed by atoms with Gasteiger partial charge >= 0.3 is 6.18 Å². The van der Waals surface area contributed by atoms with E-state index >= 15 is 0 Å². The van der Waals surface area contributed by atoms with Gasteiger partial charge in [-0.1, -0.05) is 56.3 Å². The van der Waals surface area contributed by atoms with Crippen LogP contribution in [-0.4, -0.2) is 44.3 Å². The molecule has 0 saturated carbocycles. The van der Waals surface area contributed by atoms with Gasteiger partial charge in [0.05, 0.1) is 16.1 Å². The lowest BCUT2D eigenvalue weighted by atomic mass is 10.1. The van der Waals surface area contributed by atoms with E-state index in [9.17, 15) is 35.6 Å². The molecule has 0 radical (unpaired) electrons. The third kappa shape index (κ3) is 8.06. The van der Waals surface area contributed by atoms with Crippen molar-refractivity contribution >= 4 is 27.5 Å². The normalized spacial score (nSPS) is 12.6. The van der Waals surface area contributed by atoms with Crippen molar-refractivity contribution in [1.82, 2.24) is 10.2 Å². The van der Waals surface area contributed by atoms with Crippen LogP contribution in [0, 0.1) is 11.7 Å². The molecule has 1 N–H and O–H groups in total. The molecule has 7 nitrogen and oxygen atoms in total. The molecular formula is C29H31F4N3O4S. The average Bonchev–Trinajstić information content (AvgIpc) is 2.93. The van der Waals surface area contributed by atoms with Gasteiger partial charge in [-0.2, -0.15) is 13.2 Å². The maximum atomic E-state index is 14.6. The monoisotopic (exact) mass is 593 g/mol. The third-order valence-electron chi connectivity index (χ3n) is 6.22. The van der Waals surface area contributed by atoms with Crippen LogP contribution in [0.2, 0.25) is 0 Å². The van der Waals surface area contributed by atoms with Crippen LogP contribution in [0.1, 0.15) is 31.9 Å². The molecule has 12 heteroatoms. The number of benzene rings is 3. The molecule has 0 aliphatic heterocycles. The number of alkyl halides is 3. The first-order valence-corrected chi connectivity index (χ1v) is 14.2. The molecule has 0 aliphatic carbocycles. The Bertz CT molecular complexity index is 1460. The minimum Gasteiger partial charge on any atom is -0.354 e. The van der Waals surface area contributed by atoms with Gasteiger partial charge in [0, 0.05) is 18.7 Å². The van der Waals surface area contributed by atoms with E-state index in [1.807, 2.05) is 13.8 Å². The number of rotatable bonds is 11. The van der Waals surface area contributed by atoms with Crippen molar-refractivity contribution in [1.29, 1.82) is 0 Å². The highest BCUT2D eigenvalue weighted by atomic mass is 32.2. The van der Waals surface area contributed by atoms with Crippen LogP contribution in [0.3, 0.4) is 0 Å². The number of hydrogen-bond acceptors (Lipinski definition) is 4. The molecule has 0 heterocycles. The molecular weight excluding hydrogens is 562 g/mol. The van der Waals surface area contributed by atoms with Crippen molar-refractivity contribution in [2.24, 2.45) is 5.92 Å². The average molecular weight is 594 g/mol. The third-order valence-corrected chi connectivity index (χ3v) is 8.01. The Labute approximate surface area is 236 Å². The zero-order valence-corrected chi connectivity index (χ0v) is 23.5. The number of anilines is 1. The van der Waals surface area contributed by atoms with Gasteiger partial charge in [0.1, 0.15) is 18.4 Å². The van der Waals surface area contributed by atoms with E-state index in [0.717, 1.165) is 23.1 Å². The zero-order chi connectivity index (χ0) is 30.4. The fourth-order valence-corrected chi connectivity index (χ4v) is 5.36. The van der Waals surface area contributed by atoms with E-state index in [1.54, 1.807) is 12.1 Å². The van der Waals surface area contributed by atoms with Crippen LogP contribution in [0.25, 0.3) is 0 Å². The van der Waals surface area contributed by atoms with Crippen molar-refractivity contribution in [3.8, 4) is 0 Å². The molecule has 0 fully saturated rings. The quantitative estimate of drug-likeness (QED) is 0.309. The lowest BCUT2D eigenvalue weighted by Gasteiger charge is -2.32. The molecule has 41 heavy (non-hydrogen) atoms. The first-order valence-electron chi connectivity index (χ1n) is 12.8. The standard InChI is InChI=1S/C29H31F4N3O4S/c1-20(2)17-34-28(38)21(3)35(18-22-10-7-8-15-26(22)30)27(37)19-36(41(39,40)25-13-5-4-6-14-25)24-12-9-11-23(16-24)29(31,32)33/h4-16,20-21H,17-19H2,1-3H3,(H,34,38)/t21-/m1/s1. The second-order valence-electron chi connectivity index (χ2n) is 9.80. The van der Waals surface area contributed by atoms with Gasteiger partial charge in [0.25, 0.3) is 10.0 Å². The molecule has 0 bridgehead atoms. The van der Waals surface area contributed by atoms with Crippen LogP contribution >= 0.6 is 0 Å². The highest BCUT2D eigenvalue weighted by molar-refractivity contribution is 7.92. The fourth-order valence-electron chi connectivity index (χ4n) is 3.93. The molecule has 3 rings (SSSR count). The molecule has 0 spiro atoms. The van der Waals surface area contributed by atoms with Gasteiger partial charge < -0.3 is 10.2 Å². The largest absolute Gasteiger partial charge is 0.416 e. The summed E-state index contributed by atoms with van der Waals surface area (Å²) in [6, 6.07) is 14.9. The van der Waals surface area contributed by atoms with Gasteiger partial charge in [-0.25, -0.2) is 12.8 Å². The Hall–Kier alpha value is -3.93. The Kier molecular flexibility index (Phi) is 10.1. The number of carbonyl (C=O) groups excluding carboxylic acids is 2. The van der Waals surface area contributed by atoms with Gasteiger partial charge in [-0.3, -0.25) is 13.9 Å². The number of nitrogens with one attached hydrogen (secondary N) is 1. The fraction of sp³-hybridized carbons (Fsp3) is 0.310. The summed E-state index contributed by atoms with van der Waals surface area (Å²) in [6.45, 7) is 4.11. The molecule has 2 amide bonds. The van der Waals surface area contributed by atoms with Gasteiger partial charge in [0.2, 0.25) is 11.8 Å². The topological polar surface area (TPSA) is 86.8 Å². The number of carbonyl (C=O) groups is 2. The summed E-state index contributed by atoms with van der Waals surface area (Å²) in [5.74, 6) is -2.03. The molecule has 0 unspecified atom stereocenters. The van der Waals surface area contributed by atoms with Crippen LogP contribution in [0.15, 0.2) is 83.8 Å². The van der Waals surface area contributed by atoms with Crippen molar-refractivity contribution < 1.29 is 35.6 Å². The number of nitrogens with zero attached hydrogens (tertiary/aromatic N) is 2. The first-order chi connectivity index (χ1) is 19.2. The first kappa shape index (κ1) is 31.6. The second kappa shape index (κ2) is 13.2. The summed E-state index contributed by atoms with van der Waals surface area (Å²) in [4.78, 5) is 27.5. The molecule has 220 valence electrons. The second-order valence-corrected chi connectivity index (χ2v) is 11.7. The van der Waals surface area contributed by atoms with E-state index in [2.05, 4.69) is 5.32 Å². The SMILES string of the molecule is CC(C)CNC(=O)[C@@H](C)N(Cc1ccccc1F)C(=O)CN(c1cccc(C(F)(F)F)c1)S(=O)(=O)c1ccccc1. The minimum atomic E-state index is -4.78. The van der Waals surface area contributed by atoms with E-state index in [-0.39, 0.29) is 22.9 Å². The summed E-state index contributed by atoms with van der Waals surface area (Å²) in [5, 5.41) is 2.70. The number of halogens is 4. The summed E-state index contributed by atoms with van der Waals surface area (Å²) >= 11 is 0. The van der Waals surface area contributed by atoms with Crippen molar-refractivity contribution in [2.45, 2.75) is 44.4 Å². The highest BCUT2D eigenvalue weighted by Gasteiger charge is 2.35. The molecule has 0 aliphatic rings. The summed E-state index contributed by atoms with van der Waals surface area (Å²) in [7, 11) is -4.55. The van der Waals surface area contributed by atoms with E-state index < -0.39 is 57.7 Å². The van der Waals surface area contributed by atoms with Crippen LogP contribution in [0.4, 0.5) is 23.2 Å². The molecule has 3 aromatic rings. The molecule has 1 atom stereocenters. The predicted molar refractivity (Wildman–Crippen MR) is 147 cm³/mol. The Morgan fingerprint density at radius 3 is 2.15 bits per heavy atom. The van der Waals surface area contributed by atoms with Crippen LogP contribution in [0.5, 0.6) is 0 Å². The summed E-state index contributed by atoms with van der Waals surface area (Å²) in [5.41, 5.74) is -1.44. The Balaban J connectivity index is 2.07. The van der Waals surface area contributed by atoms with Gasteiger partial charge in [0.15, 0.2) is 0 Å². The van der Waals surface area contributed by atoms with Crippen LogP contribution in [-0.2, 0) is 32.3 Å². The highest BCUT2D eigenvalue weighted by Crippen LogP contribution is 2.33. The number of amides is 2. The zero-order valence-electron chi connectivity index (χ0n) is 22.7. The minimum absolute atomic E-state index is 0.0703. The van der Waals surface area contributed by atoms with Gasteiger partial charge in [-0.05, 0) is 49.2 Å². The Morgan fingerprint density at radius 2 is 1.54 bits per heavy atom. The van der Waals surface area contributed by atoms with Crippen molar-refractivity contribution in [3.05, 3.63) is 95.8 Å². The van der Waals surface area contributed by atoms with E-state index in [0.29, 0.717) is 16.9 Å². The lowest BCUT2D eigenvalue weighted by Crippen LogP contribution is -2.51. The molecule has 3 aromatic carbocycles. The number of hydrogen-bond donors (Lipinski definition) is 1. The predicted octanol–water partition coefficient (Wildman–Crippen LogP) is 5.23. The van der Waals surface area contributed by atoms with Crippen LogP contribution < -0.4 is 9.62 Å². The maximum Gasteiger partial charge on any atom is 0.416 e. The maximum absolute atomic E-state index is 14.6. The van der Waals surface area contributed by atoms with Gasteiger partial charge in [-0.15, -0.1) is 0 Å². The molecule has 0 aromatic heterocycles. The number of sulfonamides is 1. The summed E-state index contributed by atoms with van der Waals surface area (Å²) in [6.07, 6.45) is -4.78. The molecule has 0 saturated heterocycles. The smallest absolute Gasteiger partial charge is 0.354 e. The Morgan fingerprint density at radius 1 is 0.902 bits per heavy atom.